The number of nitrogen functional groups attached to an aromatic ring is 2. The second kappa shape index (κ2) is 16.2. The van der Waals surface area contributed by atoms with Crippen LogP contribution in [-0.4, -0.2) is 99.2 Å². The van der Waals surface area contributed by atoms with Crippen molar-refractivity contribution in [2.24, 2.45) is 28.7 Å². The Balaban J connectivity index is 1.91. The first-order valence-corrected chi connectivity index (χ1v) is 17.1. The molecular weight excluding hydrogens is 653 g/mol. The lowest BCUT2D eigenvalue weighted by Gasteiger charge is -2.31. The van der Waals surface area contributed by atoms with Crippen LogP contribution >= 0.6 is 7.67 Å². The Bertz CT molecular complexity index is 1360. The molecule has 1 aliphatic heterocycles. The summed E-state index contributed by atoms with van der Waals surface area (Å²) in [4.78, 5) is 50.3. The van der Waals surface area contributed by atoms with Crippen LogP contribution < -0.4 is 26.4 Å². The third-order valence-electron chi connectivity index (χ3n) is 8.14. The van der Waals surface area contributed by atoms with Gasteiger partial charge < -0.3 is 44.4 Å². The molecule has 1 aromatic rings. The fourth-order valence-electron chi connectivity index (χ4n) is 5.73. The molecule has 48 heavy (non-hydrogen) atoms. The summed E-state index contributed by atoms with van der Waals surface area (Å²) < 4.78 is 52.6. The number of nitrogens with one attached hydrogen (secondary N) is 2. The summed E-state index contributed by atoms with van der Waals surface area (Å²) >= 11 is 0. The molecule has 1 saturated heterocycles. The van der Waals surface area contributed by atoms with E-state index in [0.29, 0.717) is 0 Å². The number of aliphatic imine (C=N–C) groups is 1. The van der Waals surface area contributed by atoms with E-state index in [1.807, 2.05) is 34.6 Å². The van der Waals surface area contributed by atoms with Crippen LogP contribution in [-0.2, 0) is 42.4 Å². The van der Waals surface area contributed by atoms with Gasteiger partial charge in [0.1, 0.15) is 18.2 Å². The van der Waals surface area contributed by atoms with Crippen molar-refractivity contribution in [1.82, 2.24) is 20.1 Å². The average molecular weight is 702 g/mol. The van der Waals surface area contributed by atoms with Crippen molar-refractivity contribution in [2.75, 3.05) is 46.5 Å². The zero-order valence-corrected chi connectivity index (χ0v) is 29.6. The van der Waals surface area contributed by atoms with E-state index in [9.17, 15) is 18.9 Å². The van der Waals surface area contributed by atoms with Crippen LogP contribution in [0.25, 0.3) is 0 Å². The third kappa shape index (κ3) is 8.91. The number of esters is 2. The maximum atomic E-state index is 14.5. The van der Waals surface area contributed by atoms with Crippen LogP contribution in [0.3, 0.4) is 0 Å². The van der Waals surface area contributed by atoms with Crippen molar-refractivity contribution < 1.29 is 51.9 Å². The molecule has 7 unspecified atom stereocenters. The van der Waals surface area contributed by atoms with Gasteiger partial charge in [-0.1, -0.05) is 34.6 Å². The molecule has 0 amide bonds. The first kappa shape index (κ1) is 38.9. The quantitative estimate of drug-likeness (QED) is 0.0742. The Kier molecular flexibility index (Phi) is 13.1. The smallest absolute Gasteiger partial charge is 0.479 e. The fraction of sp³-hybridized carbons (Fsp3) is 0.724. The van der Waals surface area contributed by atoms with Crippen LogP contribution in [0.5, 0.6) is 5.88 Å². The minimum Gasteiger partial charge on any atom is -0.479 e. The maximum Gasteiger partial charge on any atom is 0.509 e. The van der Waals surface area contributed by atoms with Gasteiger partial charge in [-0.05, 0) is 24.7 Å². The van der Waals surface area contributed by atoms with Gasteiger partial charge in [0.25, 0.3) is 0 Å². The monoisotopic (exact) mass is 701 g/mol. The molecular formula is C29H48N7O11P. The Hall–Kier alpha value is -3.57. The van der Waals surface area contributed by atoms with Crippen molar-refractivity contribution in [3.63, 3.8) is 0 Å². The van der Waals surface area contributed by atoms with Crippen LogP contribution in [0.2, 0.25) is 0 Å². The highest BCUT2D eigenvalue weighted by Gasteiger charge is 2.75. The molecule has 2 aliphatic rings. The largest absolute Gasteiger partial charge is 0.509 e. The minimum absolute atomic E-state index is 0.00572. The maximum absolute atomic E-state index is 14.5. The second-order valence-electron chi connectivity index (χ2n) is 12.5. The van der Waals surface area contributed by atoms with Crippen molar-refractivity contribution in [1.29, 1.82) is 0 Å². The van der Waals surface area contributed by atoms with Crippen LogP contribution in [0, 0.1) is 23.7 Å². The molecule has 18 nitrogen and oxygen atoms in total. The summed E-state index contributed by atoms with van der Waals surface area (Å²) in [6.45, 7) is 8.91. The number of nitrogens with zero attached hydrogens (tertiary/aromatic N) is 3. The number of hydrogen-bond donors (Lipinski definition) is 4. The molecule has 0 bridgehead atoms. The predicted molar refractivity (Wildman–Crippen MR) is 173 cm³/mol. The summed E-state index contributed by atoms with van der Waals surface area (Å²) in [5, 5.41) is 5.53. The van der Waals surface area contributed by atoms with E-state index in [0.717, 1.165) is 0 Å². The van der Waals surface area contributed by atoms with E-state index in [1.54, 1.807) is 0 Å². The number of carbonyl (C=O) groups excluding carboxylic acids is 3. The van der Waals surface area contributed by atoms with Crippen LogP contribution in [0.15, 0.2) is 4.99 Å². The van der Waals surface area contributed by atoms with E-state index in [4.69, 9.17) is 44.4 Å². The van der Waals surface area contributed by atoms with E-state index in [2.05, 4.69) is 25.1 Å². The molecule has 19 heteroatoms. The molecule has 1 spiro atoms. The van der Waals surface area contributed by atoms with Gasteiger partial charge >= 0.3 is 25.8 Å². The topological polar surface area (TPSA) is 247 Å². The molecule has 1 saturated carbocycles. The van der Waals surface area contributed by atoms with Gasteiger partial charge in [-0.2, -0.15) is 9.97 Å². The number of anilines is 2. The normalized spacial score (nSPS) is 25.0. The lowest BCUT2D eigenvalue weighted by Crippen LogP contribution is -2.47. The molecule has 0 radical (unpaired) electrons. The SMILES string of the molecule is COC(=O)C(CC(C)C)NP(=O)(NC(CC(C)C)C(=O)OC)OCC(OC)C1OC(=O)OC12C(C)C2C=Nc1c(N)nc(N)nc1OC. The first-order valence-electron chi connectivity index (χ1n) is 15.4. The van der Waals surface area contributed by atoms with E-state index < -0.39 is 68.2 Å². The zero-order chi connectivity index (χ0) is 36.0. The predicted octanol–water partition coefficient (Wildman–Crippen LogP) is 2.39. The second-order valence-corrected chi connectivity index (χ2v) is 14.3. The highest BCUT2D eigenvalue weighted by atomic mass is 31.2. The lowest BCUT2D eigenvalue weighted by molar-refractivity contribution is -0.143. The summed E-state index contributed by atoms with van der Waals surface area (Å²) in [5.74, 6) is -2.21. The van der Waals surface area contributed by atoms with Gasteiger partial charge in [0.2, 0.25) is 11.8 Å². The summed E-state index contributed by atoms with van der Waals surface area (Å²) in [5.41, 5.74) is 10.6. The van der Waals surface area contributed by atoms with Crippen LogP contribution in [0.4, 0.5) is 22.2 Å². The molecule has 6 N–H and O–H groups in total. The van der Waals surface area contributed by atoms with E-state index >= 15 is 0 Å². The van der Waals surface area contributed by atoms with Crippen molar-refractivity contribution in [3.8, 4) is 5.88 Å². The number of ether oxygens (including phenoxy) is 6. The van der Waals surface area contributed by atoms with Crippen molar-refractivity contribution in [3.05, 3.63) is 0 Å². The van der Waals surface area contributed by atoms with Gasteiger partial charge in [0, 0.05) is 25.2 Å². The molecule has 0 aromatic carbocycles. The highest BCUT2D eigenvalue weighted by molar-refractivity contribution is 7.54. The van der Waals surface area contributed by atoms with Crippen molar-refractivity contribution in [2.45, 2.75) is 77.4 Å². The first-order chi connectivity index (χ1) is 22.5. The van der Waals surface area contributed by atoms with Gasteiger partial charge in [-0.15, -0.1) is 0 Å². The zero-order valence-electron chi connectivity index (χ0n) is 28.8. The van der Waals surface area contributed by atoms with Crippen LogP contribution in [0.1, 0.15) is 47.5 Å². The van der Waals surface area contributed by atoms with E-state index in [1.165, 1.54) is 34.7 Å². The number of nitrogens with two attached hydrogens (primary N) is 2. The molecule has 2 heterocycles. The van der Waals surface area contributed by atoms with Gasteiger partial charge in [-0.3, -0.25) is 19.1 Å². The van der Waals surface area contributed by atoms with E-state index in [-0.39, 0.29) is 53.9 Å². The Morgan fingerprint density at radius 1 is 1.02 bits per heavy atom. The van der Waals surface area contributed by atoms with Gasteiger partial charge in [0.15, 0.2) is 23.2 Å². The Morgan fingerprint density at radius 3 is 2.06 bits per heavy atom. The summed E-state index contributed by atoms with van der Waals surface area (Å²) in [6.07, 6.45) is -1.01. The number of hydrogen-bond acceptors (Lipinski definition) is 16. The Morgan fingerprint density at radius 2 is 1.58 bits per heavy atom. The fourth-order valence-corrected chi connectivity index (χ4v) is 7.55. The van der Waals surface area contributed by atoms with Crippen molar-refractivity contribution >= 4 is 49.4 Å². The van der Waals surface area contributed by atoms with Gasteiger partial charge in [0.05, 0.1) is 27.9 Å². The average Bonchev–Trinajstić information content (AvgIpc) is 3.39. The minimum atomic E-state index is -4.27. The lowest BCUT2D eigenvalue weighted by atomic mass is 10.0. The number of cyclic esters (lactones) is 1. The molecule has 2 fully saturated rings. The molecule has 270 valence electrons. The Labute approximate surface area is 279 Å². The standard InChI is InChI=1S/C29H48N7O11P/c1-14(2)10-18(25(37)43-8)35-48(40,36-19(11-15(3)4)26(38)44-9)45-13-20(41-6)22-29(47-28(39)46-22)16(5)17(29)12-32-21-23(30)33-27(31)34-24(21)42-7/h12,14-20,22H,10-11,13H2,1-9H3,(H2,35,36,40)(H4,30,31,33,34). The number of carbonyl (C=O) groups is 3. The molecule has 1 aromatic heterocycles. The number of aromatic nitrogens is 2. The molecule has 3 rings (SSSR count). The number of rotatable bonds is 18. The summed E-state index contributed by atoms with van der Waals surface area (Å²) in [7, 11) is 0.894. The van der Waals surface area contributed by atoms with Gasteiger partial charge in [-0.25, -0.2) is 15.0 Å². The molecule has 1 aliphatic carbocycles. The number of methoxy groups -OCH3 is 4. The summed E-state index contributed by atoms with van der Waals surface area (Å²) in [6, 6.07) is -2.12. The highest BCUT2D eigenvalue weighted by Crippen LogP contribution is 2.59. The molecule has 7 atom stereocenters. The third-order valence-corrected chi connectivity index (χ3v) is 9.96.